The number of thiocarbonyl (C=S) groups is 1. The molecule has 0 aliphatic carbocycles. The molecule has 0 saturated carbocycles. The monoisotopic (exact) mass is 393 g/mol. The number of ether oxygens (including phenoxy) is 3. The van der Waals surface area contributed by atoms with E-state index < -0.39 is 11.8 Å². The average Bonchev–Trinajstić information content (AvgIpc) is 3.10. The fraction of sp³-hybridized carbons (Fsp3) is 0.235. The van der Waals surface area contributed by atoms with Crippen LogP contribution in [0.15, 0.2) is 28.9 Å². The largest absolute Gasteiger partial charge is 0.493 e. The van der Waals surface area contributed by atoms with Gasteiger partial charge in [0.25, 0.3) is 11.8 Å². The summed E-state index contributed by atoms with van der Waals surface area (Å²) in [6.07, 6.45) is 1.40. The van der Waals surface area contributed by atoms with Crippen LogP contribution in [0.25, 0.3) is 0 Å². The molecule has 3 N–H and O–H groups in total. The van der Waals surface area contributed by atoms with Crippen LogP contribution in [0.3, 0.4) is 0 Å². The zero-order chi connectivity index (χ0) is 20.0. The first-order chi connectivity index (χ1) is 12.9. The molecule has 1 aromatic carbocycles. The van der Waals surface area contributed by atoms with Gasteiger partial charge in [-0.2, -0.15) is 0 Å². The van der Waals surface area contributed by atoms with Crippen molar-refractivity contribution < 1.29 is 28.2 Å². The van der Waals surface area contributed by atoms with Crippen LogP contribution in [0.2, 0.25) is 0 Å². The second-order valence-electron chi connectivity index (χ2n) is 5.17. The van der Waals surface area contributed by atoms with E-state index in [0.717, 1.165) is 0 Å². The van der Waals surface area contributed by atoms with Crippen LogP contribution in [0.4, 0.5) is 0 Å². The van der Waals surface area contributed by atoms with Gasteiger partial charge in [0, 0.05) is 5.56 Å². The van der Waals surface area contributed by atoms with E-state index in [-0.39, 0.29) is 10.7 Å². The number of furan rings is 1. The van der Waals surface area contributed by atoms with Gasteiger partial charge in [0.2, 0.25) is 5.75 Å². The molecule has 0 spiro atoms. The third kappa shape index (κ3) is 4.67. The minimum atomic E-state index is -0.527. The van der Waals surface area contributed by atoms with E-state index in [1.54, 1.807) is 6.92 Å². The Bertz CT molecular complexity index is 839. The number of rotatable bonds is 5. The summed E-state index contributed by atoms with van der Waals surface area (Å²) in [6, 6.07) is 4.48. The molecular formula is C17H19N3O6S. The number of carbonyl (C=O) groups is 2. The topological polar surface area (TPSA) is 111 Å². The van der Waals surface area contributed by atoms with Gasteiger partial charge >= 0.3 is 0 Å². The first-order valence-corrected chi connectivity index (χ1v) is 8.07. The minimum Gasteiger partial charge on any atom is -0.493 e. The normalized spacial score (nSPS) is 9.93. The maximum atomic E-state index is 12.4. The van der Waals surface area contributed by atoms with Gasteiger partial charge < -0.3 is 18.6 Å². The summed E-state index contributed by atoms with van der Waals surface area (Å²) in [5.74, 6) is 0.488. The van der Waals surface area contributed by atoms with E-state index in [0.29, 0.717) is 28.6 Å². The predicted octanol–water partition coefficient (Wildman–Crippen LogP) is 1.56. The SMILES string of the molecule is COc1cc(C(=O)NC(=S)NNC(=O)c2ccoc2C)cc(OC)c1OC. The van der Waals surface area contributed by atoms with Crippen LogP contribution >= 0.6 is 12.2 Å². The average molecular weight is 393 g/mol. The van der Waals surface area contributed by atoms with Crippen molar-refractivity contribution in [1.29, 1.82) is 0 Å². The van der Waals surface area contributed by atoms with Gasteiger partial charge in [-0.1, -0.05) is 0 Å². The smallest absolute Gasteiger partial charge is 0.273 e. The van der Waals surface area contributed by atoms with Gasteiger partial charge in [0.15, 0.2) is 16.6 Å². The molecule has 0 unspecified atom stereocenters. The van der Waals surface area contributed by atoms with Crippen LogP contribution in [-0.4, -0.2) is 38.3 Å². The molecule has 2 aromatic rings. The Morgan fingerprint density at radius 1 is 1.00 bits per heavy atom. The van der Waals surface area contributed by atoms with E-state index in [4.69, 9.17) is 30.8 Å². The van der Waals surface area contributed by atoms with Gasteiger partial charge in [-0.3, -0.25) is 25.8 Å². The Morgan fingerprint density at radius 3 is 2.11 bits per heavy atom. The number of amides is 2. The van der Waals surface area contributed by atoms with Crippen molar-refractivity contribution in [2.75, 3.05) is 21.3 Å². The number of aryl methyl sites for hydroxylation is 1. The lowest BCUT2D eigenvalue weighted by atomic mass is 10.1. The van der Waals surface area contributed by atoms with Gasteiger partial charge in [0.05, 0.1) is 33.2 Å². The van der Waals surface area contributed by atoms with Crippen molar-refractivity contribution in [3.05, 3.63) is 41.3 Å². The molecule has 0 aliphatic rings. The van der Waals surface area contributed by atoms with Crippen molar-refractivity contribution in [2.45, 2.75) is 6.92 Å². The fourth-order valence-electron chi connectivity index (χ4n) is 2.22. The van der Waals surface area contributed by atoms with Gasteiger partial charge in [-0.15, -0.1) is 0 Å². The Morgan fingerprint density at radius 2 is 1.63 bits per heavy atom. The summed E-state index contributed by atoms with van der Waals surface area (Å²) in [7, 11) is 4.35. The summed E-state index contributed by atoms with van der Waals surface area (Å²) in [5, 5.41) is 2.35. The maximum absolute atomic E-state index is 12.4. The van der Waals surface area contributed by atoms with Gasteiger partial charge in [0.1, 0.15) is 5.76 Å². The summed E-state index contributed by atoms with van der Waals surface area (Å²) >= 11 is 5.01. The molecule has 9 nitrogen and oxygen atoms in total. The molecule has 1 heterocycles. The molecule has 0 bridgehead atoms. The highest BCUT2D eigenvalue weighted by atomic mass is 32.1. The number of hydrogen-bond donors (Lipinski definition) is 3. The van der Waals surface area contributed by atoms with Gasteiger partial charge in [-0.25, -0.2) is 0 Å². The van der Waals surface area contributed by atoms with E-state index in [1.807, 2.05) is 0 Å². The van der Waals surface area contributed by atoms with Crippen LogP contribution in [0.1, 0.15) is 26.5 Å². The summed E-state index contributed by atoms with van der Waals surface area (Å²) < 4.78 is 20.7. The lowest BCUT2D eigenvalue weighted by Gasteiger charge is -2.14. The van der Waals surface area contributed by atoms with Crippen LogP contribution in [-0.2, 0) is 0 Å². The quantitative estimate of drug-likeness (QED) is 0.519. The van der Waals surface area contributed by atoms with E-state index >= 15 is 0 Å². The third-order valence-electron chi connectivity index (χ3n) is 3.55. The molecule has 1 aromatic heterocycles. The molecule has 0 saturated heterocycles. The van der Waals surface area contributed by atoms with Crippen molar-refractivity contribution in [3.63, 3.8) is 0 Å². The third-order valence-corrected chi connectivity index (χ3v) is 3.75. The number of hydrogen-bond acceptors (Lipinski definition) is 7. The number of nitrogens with one attached hydrogen (secondary N) is 3. The number of hydrazine groups is 1. The van der Waals surface area contributed by atoms with E-state index in [1.165, 1.54) is 45.8 Å². The van der Waals surface area contributed by atoms with Crippen molar-refractivity contribution >= 4 is 29.1 Å². The highest BCUT2D eigenvalue weighted by molar-refractivity contribution is 7.80. The Balaban J connectivity index is 2.03. The lowest BCUT2D eigenvalue weighted by Crippen LogP contribution is -2.48. The fourth-order valence-corrected chi connectivity index (χ4v) is 2.36. The first kappa shape index (κ1) is 20.0. The first-order valence-electron chi connectivity index (χ1n) is 7.67. The predicted molar refractivity (Wildman–Crippen MR) is 100 cm³/mol. The summed E-state index contributed by atoms with van der Waals surface area (Å²) in [4.78, 5) is 24.4. The van der Waals surface area contributed by atoms with Crippen LogP contribution < -0.4 is 30.4 Å². The Hall–Kier alpha value is -3.27. The number of carbonyl (C=O) groups excluding carboxylic acids is 2. The lowest BCUT2D eigenvalue weighted by molar-refractivity contribution is 0.0933. The highest BCUT2D eigenvalue weighted by Gasteiger charge is 2.18. The van der Waals surface area contributed by atoms with Crippen LogP contribution in [0.5, 0.6) is 17.2 Å². The van der Waals surface area contributed by atoms with Crippen molar-refractivity contribution in [1.82, 2.24) is 16.2 Å². The molecule has 144 valence electrons. The van der Waals surface area contributed by atoms with Crippen molar-refractivity contribution in [3.8, 4) is 17.2 Å². The number of methoxy groups -OCH3 is 3. The molecular weight excluding hydrogens is 374 g/mol. The molecule has 2 rings (SSSR count). The molecule has 27 heavy (non-hydrogen) atoms. The highest BCUT2D eigenvalue weighted by Crippen LogP contribution is 2.38. The molecule has 0 fully saturated rings. The molecule has 0 atom stereocenters. The molecule has 0 radical (unpaired) electrons. The van der Waals surface area contributed by atoms with Crippen molar-refractivity contribution in [2.24, 2.45) is 0 Å². The van der Waals surface area contributed by atoms with Gasteiger partial charge in [-0.05, 0) is 37.3 Å². The van der Waals surface area contributed by atoms with Crippen LogP contribution in [0, 0.1) is 6.92 Å². The zero-order valence-corrected chi connectivity index (χ0v) is 16.0. The molecule has 10 heteroatoms. The molecule has 2 amide bonds. The maximum Gasteiger partial charge on any atom is 0.273 e. The van der Waals surface area contributed by atoms with E-state index in [2.05, 4.69) is 16.2 Å². The number of benzene rings is 1. The van der Waals surface area contributed by atoms with E-state index in [9.17, 15) is 9.59 Å². The zero-order valence-electron chi connectivity index (χ0n) is 15.2. The second kappa shape index (κ2) is 8.90. The summed E-state index contributed by atoms with van der Waals surface area (Å²) in [6.45, 7) is 1.65. The Labute approximate surface area is 160 Å². The second-order valence-corrected chi connectivity index (χ2v) is 5.58. The Kier molecular flexibility index (Phi) is 6.61. The standard InChI is InChI=1S/C17H19N3O6S/c1-9-11(5-6-26-9)16(22)19-20-17(27)18-15(21)10-7-12(23-2)14(25-4)13(8-10)24-3/h5-8H,1-4H3,(H,19,22)(H2,18,20,21,27). The summed E-state index contributed by atoms with van der Waals surface area (Å²) in [5.41, 5.74) is 5.40. The molecule has 0 aliphatic heterocycles. The minimum absolute atomic E-state index is 0.0942.